The minimum Gasteiger partial charge on any atom is -0.487 e. The van der Waals surface area contributed by atoms with E-state index in [2.05, 4.69) is 34.6 Å². The van der Waals surface area contributed by atoms with Gasteiger partial charge in [-0.15, -0.1) is 0 Å². The van der Waals surface area contributed by atoms with Gasteiger partial charge in [-0.25, -0.2) is 18.9 Å². The molecule has 1 atom stereocenters. The lowest BCUT2D eigenvalue weighted by molar-refractivity contribution is 0.231. The van der Waals surface area contributed by atoms with Gasteiger partial charge >= 0.3 is 6.03 Å². The highest BCUT2D eigenvalue weighted by Crippen LogP contribution is 2.29. The van der Waals surface area contributed by atoms with Crippen molar-refractivity contribution in [3.05, 3.63) is 41.2 Å². The first-order chi connectivity index (χ1) is 13.5. The Balaban J connectivity index is 1.30. The smallest absolute Gasteiger partial charge is 0.315 e. The second-order valence-electron chi connectivity index (χ2n) is 7.83. The maximum Gasteiger partial charge on any atom is 0.315 e. The Bertz CT molecular complexity index is 862. The number of rotatable bonds is 6. The molecule has 2 aromatic rings. The molecule has 2 aliphatic rings. The third-order valence-corrected chi connectivity index (χ3v) is 5.03. The molecule has 150 valence electrons. The molecule has 0 spiro atoms. The van der Waals surface area contributed by atoms with E-state index in [1.807, 2.05) is 4.68 Å². The van der Waals surface area contributed by atoms with E-state index < -0.39 is 5.82 Å². The van der Waals surface area contributed by atoms with Crippen molar-refractivity contribution in [1.29, 1.82) is 0 Å². The van der Waals surface area contributed by atoms with Crippen LogP contribution in [0.25, 0.3) is 0 Å². The number of hydrogen-bond acceptors (Lipinski definition) is 4. The van der Waals surface area contributed by atoms with Crippen LogP contribution >= 0.6 is 0 Å². The second-order valence-corrected chi connectivity index (χ2v) is 7.83. The highest BCUT2D eigenvalue weighted by atomic mass is 19.1. The zero-order valence-electron chi connectivity index (χ0n) is 16.2. The van der Waals surface area contributed by atoms with Crippen LogP contribution in [0.15, 0.2) is 18.2 Å². The van der Waals surface area contributed by atoms with Gasteiger partial charge in [-0.3, -0.25) is 0 Å². The van der Waals surface area contributed by atoms with Crippen molar-refractivity contribution >= 4 is 6.03 Å². The molecule has 1 aliphatic carbocycles. The first-order valence-electron chi connectivity index (χ1n) is 9.91. The van der Waals surface area contributed by atoms with Crippen molar-refractivity contribution in [1.82, 2.24) is 25.4 Å². The van der Waals surface area contributed by atoms with Crippen molar-refractivity contribution in [2.24, 2.45) is 0 Å². The summed E-state index contributed by atoms with van der Waals surface area (Å²) in [6.07, 6.45) is 3.66. The Morgan fingerprint density at radius 2 is 2.18 bits per heavy atom. The fraction of sp³-hybridized carbons (Fsp3) is 0.550. The number of carbonyl (C=O) groups is 1. The molecular formula is C20H26FN5O2. The van der Waals surface area contributed by atoms with Crippen LogP contribution in [0.5, 0.6) is 5.75 Å². The minimum absolute atomic E-state index is 0.0245. The number of aromatic nitrogens is 3. The molecule has 8 heteroatoms. The van der Waals surface area contributed by atoms with Gasteiger partial charge in [0.2, 0.25) is 0 Å². The monoisotopic (exact) mass is 387 g/mol. The lowest BCUT2D eigenvalue weighted by atomic mass is 10.1. The summed E-state index contributed by atoms with van der Waals surface area (Å²) in [4.78, 5) is 16.8. The summed E-state index contributed by atoms with van der Waals surface area (Å²) in [5, 5.41) is 10.2. The number of urea groups is 1. The molecule has 7 nitrogen and oxygen atoms in total. The van der Waals surface area contributed by atoms with Crippen LogP contribution in [-0.4, -0.2) is 32.9 Å². The maximum atomic E-state index is 14.5. The van der Waals surface area contributed by atoms with Crippen molar-refractivity contribution in [2.75, 3.05) is 0 Å². The number of benzene rings is 1. The quantitative estimate of drug-likeness (QED) is 0.799. The number of aryl methyl sites for hydroxylation is 1. The lowest BCUT2D eigenvalue weighted by Crippen LogP contribution is -2.45. The number of ether oxygens (including phenoxy) is 1. The van der Waals surface area contributed by atoms with E-state index in [0.29, 0.717) is 12.1 Å². The number of halogens is 1. The zero-order chi connectivity index (χ0) is 19.7. The number of amides is 2. The lowest BCUT2D eigenvalue weighted by Gasteiger charge is -2.23. The molecule has 2 amide bonds. The van der Waals surface area contributed by atoms with Gasteiger partial charge in [0, 0.05) is 24.4 Å². The van der Waals surface area contributed by atoms with Gasteiger partial charge in [0.1, 0.15) is 5.82 Å². The van der Waals surface area contributed by atoms with E-state index in [1.165, 1.54) is 0 Å². The van der Waals surface area contributed by atoms with Crippen molar-refractivity contribution in [2.45, 2.75) is 70.7 Å². The van der Waals surface area contributed by atoms with E-state index in [4.69, 9.17) is 4.74 Å². The molecule has 1 aromatic carbocycles. The molecule has 0 saturated heterocycles. The molecule has 28 heavy (non-hydrogen) atoms. The number of hydrogen-bond donors (Lipinski definition) is 2. The standard InChI is InChI=1S/C20H26FN5O2/c1-12(2)19-24-17-9-6-14(11-26(17)25-19)23-20(27)22-10-13-4-3-5-16(18(13)21)28-15-7-8-15/h3-5,12,14-15H,6-11H2,1-2H3,(H2,22,23,27). The summed E-state index contributed by atoms with van der Waals surface area (Å²) in [6.45, 7) is 4.84. The van der Waals surface area contributed by atoms with E-state index in [9.17, 15) is 9.18 Å². The highest BCUT2D eigenvalue weighted by molar-refractivity contribution is 5.74. The van der Waals surface area contributed by atoms with Crippen LogP contribution in [0.1, 0.15) is 56.2 Å². The number of nitrogens with one attached hydrogen (secondary N) is 2. The molecule has 4 rings (SSSR count). The van der Waals surface area contributed by atoms with Gasteiger partial charge in [0.05, 0.1) is 18.7 Å². The molecular weight excluding hydrogens is 361 g/mol. The number of nitrogens with zero attached hydrogens (tertiary/aromatic N) is 3. The Morgan fingerprint density at radius 3 is 2.93 bits per heavy atom. The van der Waals surface area contributed by atoms with Crippen LogP contribution in [-0.2, 0) is 19.5 Å². The van der Waals surface area contributed by atoms with Crippen LogP contribution in [0.2, 0.25) is 0 Å². The van der Waals surface area contributed by atoms with Crippen LogP contribution < -0.4 is 15.4 Å². The molecule has 1 unspecified atom stereocenters. The summed E-state index contributed by atoms with van der Waals surface area (Å²) >= 11 is 0. The largest absolute Gasteiger partial charge is 0.487 e. The fourth-order valence-corrected chi connectivity index (χ4v) is 3.25. The number of fused-ring (bicyclic) bond motifs is 1. The van der Waals surface area contributed by atoms with Crippen molar-refractivity contribution in [3.8, 4) is 5.75 Å². The maximum absolute atomic E-state index is 14.5. The summed E-state index contributed by atoms with van der Waals surface area (Å²) in [5.74, 6) is 1.94. The average molecular weight is 387 g/mol. The van der Waals surface area contributed by atoms with E-state index in [0.717, 1.165) is 37.3 Å². The third kappa shape index (κ3) is 4.26. The van der Waals surface area contributed by atoms with Gasteiger partial charge in [-0.05, 0) is 25.3 Å². The topological polar surface area (TPSA) is 81.1 Å². The molecule has 1 fully saturated rings. The summed E-state index contributed by atoms with van der Waals surface area (Å²) in [6, 6.07) is 4.69. The predicted molar refractivity (Wildman–Crippen MR) is 102 cm³/mol. The normalized spacial score (nSPS) is 18.6. The Kier molecular flexibility index (Phi) is 5.19. The van der Waals surface area contributed by atoms with E-state index in [1.54, 1.807) is 18.2 Å². The second kappa shape index (κ2) is 7.77. The van der Waals surface area contributed by atoms with Crippen LogP contribution in [0.4, 0.5) is 9.18 Å². The number of carbonyl (C=O) groups excluding carboxylic acids is 1. The van der Waals surface area contributed by atoms with Gasteiger partial charge in [0.25, 0.3) is 0 Å². The Morgan fingerprint density at radius 1 is 1.36 bits per heavy atom. The minimum atomic E-state index is -0.402. The molecule has 1 aromatic heterocycles. The van der Waals surface area contributed by atoms with Crippen LogP contribution in [0.3, 0.4) is 0 Å². The van der Waals surface area contributed by atoms with Gasteiger partial charge in [0.15, 0.2) is 17.4 Å². The SMILES string of the molecule is CC(C)c1nc2n(n1)CC(NC(=O)NCc1cccc(OC3CC3)c1F)CC2. The summed E-state index contributed by atoms with van der Waals surface area (Å²) in [5.41, 5.74) is 0.414. The fourth-order valence-electron chi connectivity index (χ4n) is 3.25. The Labute approximate surface area is 163 Å². The predicted octanol–water partition coefficient (Wildman–Crippen LogP) is 2.90. The zero-order valence-corrected chi connectivity index (χ0v) is 16.2. The van der Waals surface area contributed by atoms with Gasteiger partial charge in [-0.1, -0.05) is 26.0 Å². The summed E-state index contributed by atoms with van der Waals surface area (Å²) in [7, 11) is 0. The molecule has 0 bridgehead atoms. The molecule has 2 heterocycles. The van der Waals surface area contributed by atoms with E-state index >= 15 is 0 Å². The summed E-state index contributed by atoms with van der Waals surface area (Å²) < 4.78 is 21.9. The van der Waals surface area contributed by atoms with Crippen molar-refractivity contribution < 1.29 is 13.9 Å². The average Bonchev–Trinajstić information content (AvgIpc) is 3.37. The van der Waals surface area contributed by atoms with Crippen molar-refractivity contribution in [3.63, 3.8) is 0 Å². The molecule has 2 N–H and O–H groups in total. The third-order valence-electron chi connectivity index (χ3n) is 5.03. The Hall–Kier alpha value is -2.64. The molecule has 1 saturated carbocycles. The first-order valence-corrected chi connectivity index (χ1v) is 9.91. The van der Waals surface area contributed by atoms with E-state index in [-0.39, 0.29) is 36.4 Å². The van der Waals surface area contributed by atoms with Crippen LogP contribution in [0, 0.1) is 5.82 Å². The molecule has 1 aliphatic heterocycles. The van der Waals surface area contributed by atoms with Gasteiger partial charge < -0.3 is 15.4 Å². The highest BCUT2D eigenvalue weighted by Gasteiger charge is 2.26. The van der Waals surface area contributed by atoms with Gasteiger partial charge in [-0.2, -0.15) is 5.10 Å². The molecule has 0 radical (unpaired) electrons. The first kappa shape index (κ1) is 18.7.